The number of pyridine rings is 1. The van der Waals surface area contributed by atoms with Crippen LogP contribution in [0, 0.1) is 6.92 Å². The molecule has 0 atom stereocenters. The monoisotopic (exact) mass is 350 g/mol. The highest BCUT2D eigenvalue weighted by Gasteiger charge is 2.04. The highest BCUT2D eigenvalue weighted by Crippen LogP contribution is 2.23. The van der Waals surface area contributed by atoms with Crippen LogP contribution in [0.5, 0.6) is 11.5 Å². The maximum atomic E-state index is 12.0. The molecular weight excluding hydrogens is 332 g/mol. The van der Waals surface area contributed by atoms with E-state index in [1.165, 1.54) is 17.3 Å². The Hall–Kier alpha value is -2.79. The van der Waals surface area contributed by atoms with E-state index in [2.05, 4.69) is 10.3 Å². The second-order valence-corrected chi connectivity index (χ2v) is 6.51. The molecule has 126 valence electrons. The average molecular weight is 350 g/mol. The van der Waals surface area contributed by atoms with Crippen LogP contribution in [-0.2, 0) is 4.79 Å². The van der Waals surface area contributed by atoms with Crippen LogP contribution in [-0.4, -0.2) is 16.6 Å². The number of carbonyl (C=O) groups excluding carboxylic acids is 1. The molecular formula is C20H18N2O2S. The maximum absolute atomic E-state index is 12.0. The third-order valence-electron chi connectivity index (χ3n) is 3.41. The lowest BCUT2D eigenvalue weighted by Gasteiger charge is -2.08. The summed E-state index contributed by atoms with van der Waals surface area (Å²) in [5.74, 6) is 1.82. The molecule has 0 aliphatic carbocycles. The van der Waals surface area contributed by atoms with Gasteiger partial charge in [0.2, 0.25) is 5.91 Å². The van der Waals surface area contributed by atoms with Gasteiger partial charge in [0, 0.05) is 23.0 Å². The first-order chi connectivity index (χ1) is 12.2. The van der Waals surface area contributed by atoms with E-state index in [1.807, 2.05) is 67.6 Å². The Kier molecular flexibility index (Phi) is 5.69. The molecule has 0 radical (unpaired) electrons. The Labute approximate surface area is 151 Å². The van der Waals surface area contributed by atoms with Crippen LogP contribution < -0.4 is 10.1 Å². The maximum Gasteiger partial charge on any atom is 0.234 e. The van der Waals surface area contributed by atoms with Crippen LogP contribution in [0.3, 0.4) is 0 Å². The molecule has 0 aliphatic rings. The van der Waals surface area contributed by atoms with Gasteiger partial charge in [-0.3, -0.25) is 9.78 Å². The van der Waals surface area contributed by atoms with Gasteiger partial charge >= 0.3 is 0 Å². The fourth-order valence-corrected chi connectivity index (χ4v) is 2.81. The van der Waals surface area contributed by atoms with E-state index in [-0.39, 0.29) is 5.91 Å². The minimum absolute atomic E-state index is 0.0472. The van der Waals surface area contributed by atoms with Crippen LogP contribution in [0.25, 0.3) is 0 Å². The summed E-state index contributed by atoms with van der Waals surface area (Å²) >= 11 is 1.48. The van der Waals surface area contributed by atoms with Gasteiger partial charge in [0.15, 0.2) is 0 Å². The zero-order valence-corrected chi connectivity index (χ0v) is 14.6. The summed E-state index contributed by atoms with van der Waals surface area (Å²) in [7, 11) is 0. The molecule has 0 bridgehead atoms. The van der Waals surface area contributed by atoms with Gasteiger partial charge in [0.05, 0.1) is 5.75 Å². The lowest BCUT2D eigenvalue weighted by atomic mass is 10.2. The number of rotatable bonds is 6. The molecule has 3 aromatic rings. The average Bonchev–Trinajstić information content (AvgIpc) is 2.64. The number of anilines is 1. The number of ether oxygens (including phenoxy) is 1. The first kappa shape index (κ1) is 17.0. The van der Waals surface area contributed by atoms with Crippen LogP contribution in [0.4, 0.5) is 5.69 Å². The molecule has 2 aromatic carbocycles. The highest BCUT2D eigenvalue weighted by molar-refractivity contribution is 8.00. The third-order valence-corrected chi connectivity index (χ3v) is 4.43. The number of benzene rings is 2. The van der Waals surface area contributed by atoms with E-state index >= 15 is 0 Å². The summed E-state index contributed by atoms with van der Waals surface area (Å²) < 4.78 is 5.78. The van der Waals surface area contributed by atoms with Gasteiger partial charge in [-0.15, -0.1) is 11.8 Å². The van der Waals surface area contributed by atoms with E-state index in [4.69, 9.17) is 4.74 Å². The summed E-state index contributed by atoms with van der Waals surface area (Å²) in [6.07, 6.45) is 3.43. The summed E-state index contributed by atoms with van der Waals surface area (Å²) in [5, 5.41) is 2.88. The Morgan fingerprint density at radius 2 is 1.56 bits per heavy atom. The molecule has 0 saturated carbocycles. The van der Waals surface area contributed by atoms with E-state index in [1.54, 1.807) is 12.4 Å². The van der Waals surface area contributed by atoms with Crippen molar-refractivity contribution in [2.75, 3.05) is 11.1 Å². The van der Waals surface area contributed by atoms with Crippen LogP contribution in [0.2, 0.25) is 0 Å². The molecule has 3 rings (SSSR count). The molecule has 5 heteroatoms. The highest BCUT2D eigenvalue weighted by atomic mass is 32.2. The van der Waals surface area contributed by atoms with Gasteiger partial charge in [0.25, 0.3) is 0 Å². The van der Waals surface area contributed by atoms with Crippen molar-refractivity contribution >= 4 is 23.4 Å². The molecule has 1 aromatic heterocycles. The fraction of sp³-hybridized carbons (Fsp3) is 0.100. The minimum Gasteiger partial charge on any atom is -0.457 e. The number of aromatic nitrogens is 1. The molecule has 25 heavy (non-hydrogen) atoms. The SMILES string of the molecule is Cc1ccc(Oc2ccc(NC(=O)CSc3ccncc3)cc2)cc1. The van der Waals surface area contributed by atoms with Crippen molar-refractivity contribution < 1.29 is 9.53 Å². The topological polar surface area (TPSA) is 51.2 Å². The minimum atomic E-state index is -0.0472. The summed E-state index contributed by atoms with van der Waals surface area (Å²) in [6.45, 7) is 2.04. The number of thioether (sulfide) groups is 1. The molecule has 1 N–H and O–H groups in total. The van der Waals surface area contributed by atoms with E-state index in [9.17, 15) is 4.79 Å². The largest absolute Gasteiger partial charge is 0.457 e. The van der Waals surface area contributed by atoms with Gasteiger partial charge < -0.3 is 10.1 Å². The standard InChI is InChI=1S/C20H18N2O2S/c1-15-2-6-17(7-3-15)24-18-8-4-16(5-9-18)22-20(23)14-25-19-10-12-21-13-11-19/h2-13H,14H2,1H3,(H,22,23). The third kappa shape index (κ3) is 5.36. The van der Waals surface area contributed by atoms with Gasteiger partial charge in [-0.1, -0.05) is 17.7 Å². The lowest BCUT2D eigenvalue weighted by Crippen LogP contribution is -2.13. The van der Waals surface area contributed by atoms with Crippen molar-refractivity contribution in [2.24, 2.45) is 0 Å². The van der Waals surface area contributed by atoms with Crippen molar-refractivity contribution in [1.82, 2.24) is 4.98 Å². The Morgan fingerprint density at radius 3 is 2.20 bits per heavy atom. The smallest absolute Gasteiger partial charge is 0.234 e. The van der Waals surface area contributed by atoms with Gasteiger partial charge in [-0.25, -0.2) is 0 Å². The first-order valence-corrected chi connectivity index (χ1v) is 8.85. The number of nitrogens with zero attached hydrogens (tertiary/aromatic N) is 1. The molecule has 0 aliphatic heterocycles. The molecule has 0 spiro atoms. The van der Waals surface area contributed by atoms with Gasteiger partial charge in [-0.2, -0.15) is 0 Å². The summed E-state index contributed by atoms with van der Waals surface area (Å²) in [6, 6.07) is 19.0. The predicted octanol–water partition coefficient (Wildman–Crippen LogP) is 4.91. The van der Waals surface area contributed by atoms with Crippen molar-refractivity contribution in [2.45, 2.75) is 11.8 Å². The van der Waals surface area contributed by atoms with Crippen molar-refractivity contribution in [3.05, 3.63) is 78.6 Å². The van der Waals surface area contributed by atoms with Gasteiger partial charge in [-0.05, 0) is 55.5 Å². The lowest BCUT2D eigenvalue weighted by molar-refractivity contribution is -0.113. The number of carbonyl (C=O) groups is 1. The fourth-order valence-electron chi connectivity index (χ4n) is 2.13. The van der Waals surface area contributed by atoms with Crippen LogP contribution in [0.15, 0.2) is 78.0 Å². The zero-order valence-electron chi connectivity index (χ0n) is 13.8. The second kappa shape index (κ2) is 8.35. The Balaban J connectivity index is 1.51. The summed E-state index contributed by atoms with van der Waals surface area (Å²) in [4.78, 5) is 17.0. The number of nitrogens with one attached hydrogen (secondary N) is 1. The number of aryl methyl sites for hydroxylation is 1. The zero-order chi connectivity index (χ0) is 17.5. The normalized spacial score (nSPS) is 10.3. The molecule has 0 fully saturated rings. The molecule has 4 nitrogen and oxygen atoms in total. The van der Waals surface area contributed by atoms with E-state index < -0.39 is 0 Å². The van der Waals surface area contributed by atoms with Crippen LogP contribution in [0.1, 0.15) is 5.56 Å². The van der Waals surface area contributed by atoms with Crippen molar-refractivity contribution in [1.29, 1.82) is 0 Å². The van der Waals surface area contributed by atoms with E-state index in [0.29, 0.717) is 5.75 Å². The Morgan fingerprint density at radius 1 is 0.960 bits per heavy atom. The van der Waals surface area contributed by atoms with E-state index in [0.717, 1.165) is 22.1 Å². The first-order valence-electron chi connectivity index (χ1n) is 7.86. The number of amides is 1. The number of hydrogen-bond donors (Lipinski definition) is 1. The molecule has 0 saturated heterocycles. The second-order valence-electron chi connectivity index (χ2n) is 5.46. The predicted molar refractivity (Wildman–Crippen MR) is 101 cm³/mol. The van der Waals surface area contributed by atoms with Gasteiger partial charge in [0.1, 0.15) is 11.5 Å². The quantitative estimate of drug-likeness (QED) is 0.642. The van der Waals surface area contributed by atoms with Crippen LogP contribution >= 0.6 is 11.8 Å². The van der Waals surface area contributed by atoms with Crippen molar-refractivity contribution in [3.8, 4) is 11.5 Å². The Bertz CT molecular complexity index is 819. The molecule has 0 unspecified atom stereocenters. The van der Waals surface area contributed by atoms with Crippen molar-refractivity contribution in [3.63, 3.8) is 0 Å². The molecule has 1 heterocycles. The number of hydrogen-bond acceptors (Lipinski definition) is 4. The molecule has 1 amide bonds. The summed E-state index contributed by atoms with van der Waals surface area (Å²) in [5.41, 5.74) is 1.94.